The van der Waals surface area contributed by atoms with Crippen molar-refractivity contribution in [3.63, 3.8) is 0 Å². The molecule has 0 rings (SSSR count). The third-order valence-electron chi connectivity index (χ3n) is 0. The van der Waals surface area contributed by atoms with Gasteiger partial charge in [-0.3, -0.25) is 0 Å². The standard InChI is InChI=1S/K.HNO3.NO3.2H3N.H3O4P/c;2*2-1(3)4;;;1-5(2,3)4/h;(H,2,3,4);;2*1H3;(H3,1,2,3,4)/q+1;;-1;;;. The summed E-state index contributed by atoms with van der Waals surface area (Å²) in [4.78, 5) is 38.2. The maximum Gasteiger partial charge on any atom is 1.00 e. The van der Waals surface area contributed by atoms with Crippen LogP contribution in [0.1, 0.15) is 0 Å². The molecule has 0 saturated heterocycles. The average molecular weight is 296 g/mol. The van der Waals surface area contributed by atoms with Crippen LogP contribution in [0.25, 0.3) is 0 Å². The molecule has 16 heavy (non-hydrogen) atoms. The molecule has 0 radical (unpaired) electrons. The first-order valence-corrected chi connectivity index (χ1v) is 3.46. The van der Waals surface area contributed by atoms with Gasteiger partial charge in [-0.2, -0.15) is 0 Å². The molecule has 0 unspecified atom stereocenters. The molecule has 0 aromatic heterocycles. The van der Waals surface area contributed by atoms with Gasteiger partial charge < -0.3 is 47.5 Å². The molecule has 0 heterocycles. The summed E-state index contributed by atoms with van der Waals surface area (Å²) in [5.41, 5.74) is 0. The summed E-state index contributed by atoms with van der Waals surface area (Å²) in [6.45, 7) is 0. The zero-order chi connectivity index (χ0) is 11.7. The van der Waals surface area contributed by atoms with Gasteiger partial charge in [-0.1, -0.05) is 0 Å². The van der Waals surface area contributed by atoms with Crippen LogP contribution in [-0.4, -0.2) is 30.1 Å². The Morgan fingerprint density at radius 1 is 0.938 bits per heavy atom. The number of phosphoric acid groups is 1. The Morgan fingerprint density at radius 3 is 0.938 bits per heavy atom. The molecular weight excluding hydrogens is 286 g/mol. The number of hydrogen-bond acceptors (Lipinski definition) is 8. The van der Waals surface area contributed by atoms with E-state index >= 15 is 0 Å². The van der Waals surface area contributed by atoms with Crippen molar-refractivity contribution in [2.75, 3.05) is 0 Å². The minimum atomic E-state index is -4.64. The van der Waals surface area contributed by atoms with Crippen molar-refractivity contribution in [3.05, 3.63) is 25.4 Å². The van der Waals surface area contributed by atoms with Gasteiger partial charge in [-0.15, -0.1) is 10.1 Å². The van der Waals surface area contributed by atoms with Crippen LogP contribution in [0.2, 0.25) is 0 Å². The van der Waals surface area contributed by atoms with Crippen molar-refractivity contribution in [2.24, 2.45) is 0 Å². The Kier molecular flexibility index (Phi) is 46.1. The van der Waals surface area contributed by atoms with Gasteiger partial charge in [0, 0.05) is 0 Å². The van der Waals surface area contributed by atoms with E-state index in [0.29, 0.717) is 0 Å². The monoisotopic (exact) mass is 296 g/mol. The minimum Gasteiger partial charge on any atom is -0.356 e. The topological polar surface area (TPSA) is 277 Å². The molecule has 0 amide bonds. The second-order valence-electron chi connectivity index (χ2n) is 0.975. The van der Waals surface area contributed by atoms with E-state index in [4.69, 9.17) is 49.9 Å². The number of hydrogen-bond donors (Lipinski definition) is 6. The summed E-state index contributed by atoms with van der Waals surface area (Å²) < 4.78 is 8.88. The molecule has 10 N–H and O–H groups in total. The van der Waals surface area contributed by atoms with E-state index in [9.17, 15) is 0 Å². The predicted molar refractivity (Wildman–Crippen MR) is 43.4 cm³/mol. The van der Waals surface area contributed by atoms with Crippen molar-refractivity contribution in [1.29, 1.82) is 0 Å². The van der Waals surface area contributed by atoms with Crippen LogP contribution in [0.3, 0.4) is 0 Å². The van der Waals surface area contributed by atoms with Crippen LogP contribution >= 0.6 is 7.82 Å². The molecule has 0 aromatic carbocycles. The van der Waals surface area contributed by atoms with E-state index in [1.165, 1.54) is 0 Å². The summed E-state index contributed by atoms with van der Waals surface area (Å²) >= 11 is 0. The van der Waals surface area contributed by atoms with Crippen molar-refractivity contribution in [1.82, 2.24) is 12.3 Å². The first kappa shape index (κ1) is 36.0. The first-order valence-electron chi connectivity index (χ1n) is 1.90. The molecule has 0 atom stereocenters. The van der Waals surface area contributed by atoms with Crippen LogP contribution in [0.4, 0.5) is 0 Å². The summed E-state index contributed by atoms with van der Waals surface area (Å²) in [5, 5.41) is 28.4. The molecule has 0 aromatic rings. The maximum atomic E-state index is 8.88. The normalized spacial score (nSPS) is 6.69. The van der Waals surface area contributed by atoms with E-state index in [-0.39, 0.29) is 63.7 Å². The molecular formula is H10KN4O10P. The molecule has 0 fully saturated rings. The van der Waals surface area contributed by atoms with Gasteiger partial charge in [0.1, 0.15) is 0 Å². The van der Waals surface area contributed by atoms with Gasteiger partial charge in [0.2, 0.25) is 0 Å². The van der Waals surface area contributed by atoms with Crippen LogP contribution < -0.4 is 63.7 Å². The fraction of sp³-hybridized carbons (Fsp3) is 0. The van der Waals surface area contributed by atoms with E-state index < -0.39 is 18.0 Å². The van der Waals surface area contributed by atoms with Gasteiger partial charge in [0.15, 0.2) is 0 Å². The molecule has 0 saturated carbocycles. The Morgan fingerprint density at radius 2 is 0.938 bits per heavy atom. The minimum absolute atomic E-state index is 0. The number of rotatable bonds is 0. The molecule has 16 heteroatoms. The summed E-state index contributed by atoms with van der Waals surface area (Å²) in [7, 11) is -4.64. The molecule has 96 valence electrons. The third-order valence-corrected chi connectivity index (χ3v) is 0. The molecule has 0 bridgehead atoms. The SMILES string of the molecule is N.N.O=P(O)(O)O.O=[N+]([O-])O.O=[N+]([O-])[O-].[K+]. The van der Waals surface area contributed by atoms with E-state index in [0.717, 1.165) is 0 Å². The van der Waals surface area contributed by atoms with Crippen molar-refractivity contribution in [3.8, 4) is 0 Å². The first-order chi connectivity index (χ1) is 5.46. The van der Waals surface area contributed by atoms with Crippen molar-refractivity contribution >= 4 is 7.82 Å². The second kappa shape index (κ2) is 20.5. The molecule has 0 spiro atoms. The van der Waals surface area contributed by atoms with Gasteiger partial charge in [0.25, 0.3) is 5.09 Å². The quantitative estimate of drug-likeness (QED) is 0.107. The van der Waals surface area contributed by atoms with Crippen LogP contribution in [0.15, 0.2) is 0 Å². The molecule has 0 aliphatic rings. The summed E-state index contributed by atoms with van der Waals surface area (Å²) in [5.74, 6) is 0. The van der Waals surface area contributed by atoms with Crippen molar-refractivity contribution < 1.29 is 86.0 Å². The van der Waals surface area contributed by atoms with E-state index in [2.05, 4.69) is 0 Å². The Labute approximate surface area is 130 Å². The average Bonchev–Trinajstić information content (AvgIpc) is 1.50. The Hall–Kier alpha value is 0.0664. The van der Waals surface area contributed by atoms with Gasteiger partial charge in [-0.25, -0.2) is 4.57 Å². The predicted octanol–water partition coefficient (Wildman–Crippen LogP) is -4.19. The summed E-state index contributed by atoms with van der Waals surface area (Å²) in [6.07, 6.45) is 0. The zero-order valence-corrected chi connectivity index (χ0v) is 12.0. The van der Waals surface area contributed by atoms with Gasteiger partial charge >= 0.3 is 59.2 Å². The fourth-order valence-corrected chi connectivity index (χ4v) is 0. The van der Waals surface area contributed by atoms with Gasteiger partial charge in [-0.05, 0) is 0 Å². The van der Waals surface area contributed by atoms with Crippen LogP contribution in [0, 0.1) is 25.4 Å². The van der Waals surface area contributed by atoms with E-state index in [1.807, 2.05) is 0 Å². The van der Waals surface area contributed by atoms with Crippen molar-refractivity contribution in [2.45, 2.75) is 0 Å². The van der Waals surface area contributed by atoms with Crippen LogP contribution in [-0.2, 0) is 4.57 Å². The smallest absolute Gasteiger partial charge is 0.356 e. The molecule has 14 nitrogen and oxygen atoms in total. The molecule has 0 aliphatic carbocycles. The van der Waals surface area contributed by atoms with E-state index in [1.54, 1.807) is 0 Å². The maximum absolute atomic E-state index is 8.88. The zero-order valence-electron chi connectivity index (χ0n) is 7.99. The Balaban J connectivity index is -0.0000000216. The van der Waals surface area contributed by atoms with Gasteiger partial charge in [0.05, 0.1) is 5.09 Å². The largest absolute Gasteiger partial charge is 1.00 e. The fourth-order valence-electron chi connectivity index (χ4n) is 0. The number of nitrogens with zero attached hydrogens (tertiary/aromatic N) is 2. The third kappa shape index (κ3) is 545000. The molecule has 0 aliphatic heterocycles. The summed E-state index contributed by atoms with van der Waals surface area (Å²) in [6, 6.07) is 0. The van der Waals surface area contributed by atoms with Crippen LogP contribution in [0.5, 0.6) is 0 Å². The second-order valence-corrected chi connectivity index (χ2v) is 2.00. The Bertz CT molecular complexity index is 171.